The fourth-order valence-corrected chi connectivity index (χ4v) is 3.99. The van der Waals surface area contributed by atoms with Crippen LogP contribution in [0.1, 0.15) is 62.8 Å². The van der Waals surface area contributed by atoms with E-state index in [0.717, 1.165) is 44.7 Å². The number of carbonyl (C=O) groups excluding carboxylic acids is 1. The molecule has 2 fully saturated rings. The van der Waals surface area contributed by atoms with Crippen molar-refractivity contribution in [3.8, 4) is 5.75 Å². The van der Waals surface area contributed by atoms with E-state index in [-0.39, 0.29) is 0 Å². The quantitative estimate of drug-likeness (QED) is 0.910. The standard InChI is InChI=1S/C19H27NO2/c21-18-8-6-16(7-9-18)17-11-13-20(14-12-17)19(22)10-5-15-3-1-2-4-15/h6-9,15,17,21H,1-5,10-14H2. The number of aromatic hydroxyl groups is 1. The molecule has 3 heteroatoms. The number of phenols is 1. The van der Waals surface area contributed by atoms with Crippen molar-refractivity contribution in [1.29, 1.82) is 0 Å². The van der Waals surface area contributed by atoms with Gasteiger partial charge in [-0.05, 0) is 48.8 Å². The Hall–Kier alpha value is -1.51. The summed E-state index contributed by atoms with van der Waals surface area (Å²) in [7, 11) is 0. The number of phenolic OH excluding ortho intramolecular Hbond substituents is 1. The molecule has 0 radical (unpaired) electrons. The van der Waals surface area contributed by atoms with Gasteiger partial charge in [0, 0.05) is 19.5 Å². The van der Waals surface area contributed by atoms with E-state index in [1.165, 1.54) is 31.2 Å². The summed E-state index contributed by atoms with van der Waals surface area (Å²) in [5.41, 5.74) is 1.29. The Morgan fingerprint density at radius 2 is 1.68 bits per heavy atom. The number of amides is 1. The first kappa shape index (κ1) is 15.4. The minimum absolute atomic E-state index is 0.322. The van der Waals surface area contributed by atoms with Gasteiger partial charge < -0.3 is 10.0 Å². The number of likely N-dealkylation sites (tertiary alicyclic amines) is 1. The van der Waals surface area contributed by atoms with Gasteiger partial charge in [-0.2, -0.15) is 0 Å². The molecule has 1 saturated carbocycles. The molecule has 1 amide bonds. The summed E-state index contributed by atoms with van der Waals surface area (Å²) in [5, 5.41) is 9.37. The van der Waals surface area contributed by atoms with Gasteiger partial charge in [0.2, 0.25) is 5.91 Å². The Morgan fingerprint density at radius 3 is 2.32 bits per heavy atom. The number of hydrogen-bond acceptors (Lipinski definition) is 2. The molecular formula is C19H27NO2. The zero-order chi connectivity index (χ0) is 15.4. The molecule has 2 aliphatic rings. The highest BCUT2D eigenvalue weighted by atomic mass is 16.3. The van der Waals surface area contributed by atoms with Crippen molar-refractivity contribution in [3.05, 3.63) is 29.8 Å². The van der Waals surface area contributed by atoms with Crippen molar-refractivity contribution >= 4 is 5.91 Å². The van der Waals surface area contributed by atoms with Crippen LogP contribution in [0.4, 0.5) is 0 Å². The van der Waals surface area contributed by atoms with Gasteiger partial charge in [0.05, 0.1) is 0 Å². The zero-order valence-corrected chi connectivity index (χ0v) is 13.3. The second kappa shape index (κ2) is 7.17. The second-order valence-electron chi connectivity index (χ2n) is 6.94. The molecule has 0 spiro atoms. The number of nitrogens with zero attached hydrogens (tertiary/aromatic N) is 1. The first-order valence-electron chi connectivity index (χ1n) is 8.79. The number of carbonyl (C=O) groups is 1. The molecule has 1 N–H and O–H groups in total. The minimum Gasteiger partial charge on any atom is -0.508 e. The van der Waals surface area contributed by atoms with Gasteiger partial charge in [0.25, 0.3) is 0 Å². The lowest BCUT2D eigenvalue weighted by Gasteiger charge is -2.32. The summed E-state index contributed by atoms with van der Waals surface area (Å²) >= 11 is 0. The summed E-state index contributed by atoms with van der Waals surface area (Å²) < 4.78 is 0. The molecule has 1 aromatic rings. The van der Waals surface area contributed by atoms with Gasteiger partial charge in [0.15, 0.2) is 0 Å². The highest BCUT2D eigenvalue weighted by Crippen LogP contribution is 2.31. The monoisotopic (exact) mass is 301 g/mol. The van der Waals surface area contributed by atoms with E-state index in [0.29, 0.717) is 17.6 Å². The molecule has 0 aromatic heterocycles. The predicted molar refractivity (Wildman–Crippen MR) is 87.9 cm³/mol. The molecule has 0 atom stereocenters. The molecule has 1 aliphatic carbocycles. The Labute approximate surface area is 133 Å². The molecule has 0 bridgehead atoms. The Bertz CT molecular complexity index is 483. The highest BCUT2D eigenvalue weighted by molar-refractivity contribution is 5.76. The van der Waals surface area contributed by atoms with Gasteiger partial charge >= 0.3 is 0 Å². The van der Waals surface area contributed by atoms with E-state index >= 15 is 0 Å². The molecule has 0 unspecified atom stereocenters. The first-order chi connectivity index (χ1) is 10.7. The molecule has 1 heterocycles. The third-order valence-electron chi connectivity index (χ3n) is 5.45. The van der Waals surface area contributed by atoms with Crippen molar-refractivity contribution in [2.24, 2.45) is 5.92 Å². The van der Waals surface area contributed by atoms with Gasteiger partial charge in [-0.3, -0.25) is 4.79 Å². The van der Waals surface area contributed by atoms with Gasteiger partial charge in [-0.1, -0.05) is 37.8 Å². The smallest absolute Gasteiger partial charge is 0.222 e. The lowest BCUT2D eigenvalue weighted by Crippen LogP contribution is -2.37. The van der Waals surface area contributed by atoms with Crippen molar-refractivity contribution in [2.75, 3.05) is 13.1 Å². The molecule has 3 nitrogen and oxygen atoms in total. The molecule has 1 aromatic carbocycles. The van der Waals surface area contributed by atoms with Gasteiger partial charge in [-0.25, -0.2) is 0 Å². The lowest BCUT2D eigenvalue weighted by molar-refractivity contribution is -0.132. The molecule has 22 heavy (non-hydrogen) atoms. The number of piperidine rings is 1. The molecule has 120 valence electrons. The maximum absolute atomic E-state index is 12.3. The molecular weight excluding hydrogens is 274 g/mol. The SMILES string of the molecule is O=C(CCC1CCCC1)N1CCC(c2ccc(O)cc2)CC1. The zero-order valence-electron chi connectivity index (χ0n) is 13.3. The van der Waals surface area contributed by atoms with Crippen LogP contribution in [-0.4, -0.2) is 29.0 Å². The van der Waals surface area contributed by atoms with Crippen LogP contribution in [0.3, 0.4) is 0 Å². The fraction of sp³-hybridized carbons (Fsp3) is 0.632. The van der Waals surface area contributed by atoms with Crippen LogP contribution in [0.2, 0.25) is 0 Å². The predicted octanol–water partition coefficient (Wildman–Crippen LogP) is 4.07. The van der Waals surface area contributed by atoms with Crippen LogP contribution in [0.5, 0.6) is 5.75 Å². The third-order valence-corrected chi connectivity index (χ3v) is 5.45. The second-order valence-corrected chi connectivity index (χ2v) is 6.94. The van der Waals surface area contributed by atoms with Gasteiger partial charge in [0.1, 0.15) is 5.75 Å². The Morgan fingerprint density at radius 1 is 1.05 bits per heavy atom. The van der Waals surface area contributed by atoms with Crippen LogP contribution in [0.25, 0.3) is 0 Å². The summed E-state index contributed by atoms with van der Waals surface area (Å²) in [6.07, 6.45) is 9.30. The van der Waals surface area contributed by atoms with E-state index < -0.39 is 0 Å². The van der Waals surface area contributed by atoms with Crippen molar-refractivity contribution < 1.29 is 9.90 Å². The van der Waals surface area contributed by atoms with E-state index in [1.54, 1.807) is 12.1 Å². The van der Waals surface area contributed by atoms with Crippen molar-refractivity contribution in [3.63, 3.8) is 0 Å². The lowest BCUT2D eigenvalue weighted by atomic mass is 9.89. The molecule has 1 aliphatic heterocycles. The summed E-state index contributed by atoms with van der Waals surface area (Å²) in [5.74, 6) is 2.01. The van der Waals surface area contributed by atoms with Crippen molar-refractivity contribution in [2.45, 2.75) is 57.3 Å². The van der Waals surface area contributed by atoms with E-state index in [9.17, 15) is 9.90 Å². The number of rotatable bonds is 4. The summed E-state index contributed by atoms with van der Waals surface area (Å²) in [6.45, 7) is 1.77. The topological polar surface area (TPSA) is 40.5 Å². The first-order valence-corrected chi connectivity index (χ1v) is 8.79. The van der Waals surface area contributed by atoms with Crippen molar-refractivity contribution in [1.82, 2.24) is 4.90 Å². The third kappa shape index (κ3) is 3.82. The average Bonchev–Trinajstić information content (AvgIpc) is 3.07. The van der Waals surface area contributed by atoms with Crippen LogP contribution in [0.15, 0.2) is 24.3 Å². The van der Waals surface area contributed by atoms with E-state index in [2.05, 4.69) is 4.90 Å². The maximum atomic E-state index is 12.3. The van der Waals surface area contributed by atoms with E-state index in [1.807, 2.05) is 12.1 Å². The summed E-state index contributed by atoms with van der Waals surface area (Å²) in [4.78, 5) is 14.4. The maximum Gasteiger partial charge on any atom is 0.222 e. The highest BCUT2D eigenvalue weighted by Gasteiger charge is 2.24. The Balaban J connectivity index is 1.44. The largest absolute Gasteiger partial charge is 0.508 e. The number of hydrogen-bond donors (Lipinski definition) is 1. The minimum atomic E-state index is 0.322. The Kier molecular flexibility index (Phi) is 5.01. The van der Waals surface area contributed by atoms with Crippen LogP contribution >= 0.6 is 0 Å². The molecule has 3 rings (SSSR count). The van der Waals surface area contributed by atoms with Crippen LogP contribution in [-0.2, 0) is 4.79 Å². The summed E-state index contributed by atoms with van der Waals surface area (Å²) in [6, 6.07) is 7.54. The van der Waals surface area contributed by atoms with Crippen LogP contribution < -0.4 is 0 Å². The fourth-order valence-electron chi connectivity index (χ4n) is 3.99. The molecule has 1 saturated heterocycles. The average molecular weight is 301 g/mol. The normalized spacial score (nSPS) is 20.5. The number of benzene rings is 1. The van der Waals surface area contributed by atoms with E-state index in [4.69, 9.17) is 0 Å². The van der Waals surface area contributed by atoms with Crippen LogP contribution in [0, 0.1) is 5.92 Å². The van der Waals surface area contributed by atoms with Gasteiger partial charge in [-0.15, -0.1) is 0 Å².